The molecule has 0 aliphatic rings. The van der Waals surface area contributed by atoms with Gasteiger partial charge in [-0.2, -0.15) is 0 Å². The summed E-state index contributed by atoms with van der Waals surface area (Å²) < 4.78 is 5.20. The van der Waals surface area contributed by atoms with Gasteiger partial charge in [0, 0.05) is 13.2 Å². The first kappa shape index (κ1) is 16.0. The van der Waals surface area contributed by atoms with Crippen LogP contribution in [-0.2, 0) is 4.74 Å². The Kier molecular flexibility index (Phi) is 14.9. The summed E-state index contributed by atoms with van der Waals surface area (Å²) in [5.74, 6) is 0. The van der Waals surface area contributed by atoms with Crippen LogP contribution in [0.3, 0.4) is 0 Å². The zero-order valence-corrected chi connectivity index (χ0v) is 11.3. The van der Waals surface area contributed by atoms with Gasteiger partial charge >= 0.3 is 0 Å². The average Bonchev–Trinajstić information content (AvgIpc) is 2.31. The van der Waals surface area contributed by atoms with Crippen molar-refractivity contribution >= 4 is 0 Å². The molecule has 0 N–H and O–H groups in total. The normalized spacial score (nSPS) is 10.9. The second-order valence-electron chi connectivity index (χ2n) is 4.65. The van der Waals surface area contributed by atoms with Gasteiger partial charge in [-0.3, -0.25) is 0 Å². The molecule has 0 saturated heterocycles. The topological polar surface area (TPSA) is 9.23 Å². The predicted octanol–water partition coefficient (Wildman–Crippen LogP) is 5.15. The van der Waals surface area contributed by atoms with E-state index < -0.39 is 0 Å². The van der Waals surface area contributed by atoms with E-state index in [0.29, 0.717) is 6.61 Å². The third kappa shape index (κ3) is 14.0. The highest BCUT2D eigenvalue weighted by atomic mass is 16.5. The monoisotopic (exact) mass is 227 g/mol. The second kappa shape index (κ2) is 15.0. The van der Waals surface area contributed by atoms with Crippen molar-refractivity contribution in [3.8, 4) is 0 Å². The lowest BCUT2D eigenvalue weighted by Crippen LogP contribution is -1.93. The highest BCUT2D eigenvalue weighted by Crippen LogP contribution is 2.11. The number of rotatable bonds is 13. The van der Waals surface area contributed by atoms with Gasteiger partial charge in [-0.25, -0.2) is 0 Å². The van der Waals surface area contributed by atoms with Crippen molar-refractivity contribution in [3.63, 3.8) is 0 Å². The van der Waals surface area contributed by atoms with Gasteiger partial charge in [-0.05, 0) is 13.3 Å². The smallest absolute Gasteiger partial charge is 0.0466 e. The van der Waals surface area contributed by atoms with Crippen molar-refractivity contribution in [1.82, 2.24) is 0 Å². The summed E-state index contributed by atoms with van der Waals surface area (Å²) in [4.78, 5) is 0. The Bertz CT molecular complexity index is 98.0. The molecule has 0 spiro atoms. The van der Waals surface area contributed by atoms with Crippen molar-refractivity contribution in [1.29, 1.82) is 0 Å². The third-order valence-corrected chi connectivity index (χ3v) is 3.04. The SMILES string of the molecule is [CH2]COCCCCCCCCCCCCC. The average molecular weight is 227 g/mol. The van der Waals surface area contributed by atoms with Crippen molar-refractivity contribution in [3.05, 3.63) is 6.92 Å². The van der Waals surface area contributed by atoms with E-state index in [2.05, 4.69) is 13.8 Å². The van der Waals surface area contributed by atoms with E-state index in [1.54, 1.807) is 0 Å². The fourth-order valence-corrected chi connectivity index (χ4v) is 1.97. The molecule has 1 nitrogen and oxygen atoms in total. The molecular weight excluding hydrogens is 196 g/mol. The minimum Gasteiger partial charge on any atom is -0.381 e. The Morgan fingerprint density at radius 2 is 1.12 bits per heavy atom. The van der Waals surface area contributed by atoms with E-state index in [-0.39, 0.29) is 0 Å². The van der Waals surface area contributed by atoms with Gasteiger partial charge in [0.2, 0.25) is 0 Å². The summed E-state index contributed by atoms with van der Waals surface area (Å²) in [6, 6.07) is 0. The summed E-state index contributed by atoms with van der Waals surface area (Å²) in [5.41, 5.74) is 0. The summed E-state index contributed by atoms with van der Waals surface area (Å²) in [6.45, 7) is 7.45. The van der Waals surface area contributed by atoms with Crippen LogP contribution in [0, 0.1) is 6.92 Å². The molecule has 0 atom stereocenters. The molecule has 0 bridgehead atoms. The van der Waals surface area contributed by atoms with Crippen molar-refractivity contribution in [2.75, 3.05) is 13.2 Å². The van der Waals surface area contributed by atoms with Crippen LogP contribution >= 0.6 is 0 Å². The van der Waals surface area contributed by atoms with Crippen molar-refractivity contribution in [2.24, 2.45) is 0 Å². The highest BCUT2D eigenvalue weighted by molar-refractivity contribution is 4.48. The van der Waals surface area contributed by atoms with Crippen molar-refractivity contribution in [2.45, 2.75) is 77.6 Å². The number of hydrogen-bond acceptors (Lipinski definition) is 1. The van der Waals surface area contributed by atoms with Crippen LogP contribution in [0.2, 0.25) is 0 Å². The molecule has 0 aliphatic heterocycles. The predicted molar refractivity (Wildman–Crippen MR) is 72.6 cm³/mol. The highest BCUT2D eigenvalue weighted by Gasteiger charge is 1.92. The second-order valence-corrected chi connectivity index (χ2v) is 4.65. The molecule has 0 aromatic rings. The molecule has 0 rings (SSSR count). The van der Waals surface area contributed by atoms with Gasteiger partial charge in [0.15, 0.2) is 0 Å². The molecule has 0 saturated carbocycles. The van der Waals surface area contributed by atoms with Crippen LogP contribution in [-0.4, -0.2) is 13.2 Å². The van der Waals surface area contributed by atoms with Crippen LogP contribution in [0.25, 0.3) is 0 Å². The zero-order chi connectivity index (χ0) is 11.9. The maximum atomic E-state index is 5.20. The van der Waals surface area contributed by atoms with Gasteiger partial charge in [-0.15, -0.1) is 0 Å². The lowest BCUT2D eigenvalue weighted by molar-refractivity contribution is 0.156. The number of hydrogen-bond donors (Lipinski definition) is 0. The first-order valence-corrected chi connectivity index (χ1v) is 7.28. The molecule has 0 fully saturated rings. The first-order chi connectivity index (χ1) is 7.91. The maximum absolute atomic E-state index is 5.20. The molecular formula is C15H31O. The Labute approximate surface area is 103 Å². The Morgan fingerprint density at radius 1 is 0.688 bits per heavy atom. The van der Waals surface area contributed by atoms with Crippen LogP contribution in [0.4, 0.5) is 0 Å². The fourth-order valence-electron chi connectivity index (χ4n) is 1.97. The zero-order valence-electron chi connectivity index (χ0n) is 11.3. The van der Waals surface area contributed by atoms with E-state index in [0.717, 1.165) is 6.61 Å². The van der Waals surface area contributed by atoms with E-state index in [1.807, 2.05) is 0 Å². The van der Waals surface area contributed by atoms with Gasteiger partial charge in [0.25, 0.3) is 0 Å². The summed E-state index contributed by atoms with van der Waals surface area (Å²) >= 11 is 0. The molecule has 1 radical (unpaired) electrons. The molecule has 0 amide bonds. The third-order valence-electron chi connectivity index (χ3n) is 3.04. The molecule has 97 valence electrons. The Morgan fingerprint density at radius 3 is 1.56 bits per heavy atom. The van der Waals surface area contributed by atoms with Gasteiger partial charge in [0.1, 0.15) is 0 Å². The first-order valence-electron chi connectivity index (χ1n) is 7.28. The van der Waals surface area contributed by atoms with Gasteiger partial charge in [0.05, 0.1) is 0 Å². The molecule has 16 heavy (non-hydrogen) atoms. The fraction of sp³-hybridized carbons (Fsp3) is 0.933. The molecule has 1 heteroatoms. The van der Waals surface area contributed by atoms with Crippen LogP contribution in [0.1, 0.15) is 77.6 Å². The molecule has 0 unspecified atom stereocenters. The Balaban J connectivity index is 2.83. The van der Waals surface area contributed by atoms with Gasteiger partial charge in [-0.1, -0.05) is 71.1 Å². The summed E-state index contributed by atoms with van der Waals surface area (Å²) in [5, 5.41) is 0. The lowest BCUT2D eigenvalue weighted by Gasteiger charge is -2.02. The number of unbranched alkanes of at least 4 members (excludes halogenated alkanes) is 10. The largest absolute Gasteiger partial charge is 0.381 e. The van der Waals surface area contributed by atoms with Crippen molar-refractivity contribution < 1.29 is 4.74 Å². The van der Waals surface area contributed by atoms with Gasteiger partial charge < -0.3 is 4.74 Å². The maximum Gasteiger partial charge on any atom is 0.0466 e. The quantitative estimate of drug-likeness (QED) is 0.395. The van der Waals surface area contributed by atoms with Crippen LogP contribution < -0.4 is 0 Å². The summed E-state index contributed by atoms with van der Waals surface area (Å²) in [7, 11) is 0. The number of ether oxygens (including phenoxy) is 1. The minimum absolute atomic E-state index is 0.623. The van der Waals surface area contributed by atoms with E-state index in [1.165, 1.54) is 70.6 Å². The van der Waals surface area contributed by atoms with E-state index >= 15 is 0 Å². The molecule has 0 heterocycles. The standard InChI is InChI=1S/C15H31O/c1-3-5-6-7-8-9-10-11-12-13-14-15-16-4-2/h2-15H2,1H3. The molecule has 0 aliphatic carbocycles. The Hall–Kier alpha value is -0.0400. The van der Waals surface area contributed by atoms with Crippen LogP contribution in [0.5, 0.6) is 0 Å². The molecule has 0 aromatic carbocycles. The van der Waals surface area contributed by atoms with E-state index in [4.69, 9.17) is 4.74 Å². The minimum atomic E-state index is 0.623. The van der Waals surface area contributed by atoms with E-state index in [9.17, 15) is 0 Å². The molecule has 0 aromatic heterocycles. The summed E-state index contributed by atoms with van der Waals surface area (Å²) in [6.07, 6.45) is 15.3. The van der Waals surface area contributed by atoms with Crippen LogP contribution in [0.15, 0.2) is 0 Å². The lowest BCUT2D eigenvalue weighted by atomic mass is 10.1.